The van der Waals surface area contributed by atoms with Gasteiger partial charge in [-0.1, -0.05) is 11.6 Å². The van der Waals surface area contributed by atoms with E-state index in [4.69, 9.17) is 4.74 Å². The highest BCUT2D eigenvalue weighted by Gasteiger charge is 2.74. The summed E-state index contributed by atoms with van der Waals surface area (Å²) >= 11 is 0. The van der Waals surface area contributed by atoms with Crippen molar-refractivity contribution in [1.29, 1.82) is 0 Å². The van der Waals surface area contributed by atoms with Crippen molar-refractivity contribution in [3.05, 3.63) is 46.8 Å². The van der Waals surface area contributed by atoms with E-state index in [0.29, 0.717) is 23.5 Å². The maximum absolute atomic E-state index is 13.3. The van der Waals surface area contributed by atoms with Gasteiger partial charge in [-0.2, -0.15) is 0 Å². The van der Waals surface area contributed by atoms with Crippen LogP contribution in [-0.4, -0.2) is 47.4 Å². The molecule has 4 aliphatic rings. The third-order valence-electron chi connectivity index (χ3n) is 7.00. The number of phenols is 1. The molecule has 2 fully saturated rings. The van der Waals surface area contributed by atoms with E-state index in [1.54, 1.807) is 18.2 Å². The molecule has 4 unspecified atom stereocenters. The van der Waals surface area contributed by atoms with Gasteiger partial charge < -0.3 is 20.1 Å². The van der Waals surface area contributed by atoms with Crippen LogP contribution in [0.4, 0.5) is 0 Å². The van der Waals surface area contributed by atoms with Crippen molar-refractivity contribution in [2.24, 2.45) is 11.3 Å². The number of aromatic amines is 1. The highest BCUT2D eigenvalue weighted by atomic mass is 16.5. The maximum atomic E-state index is 13.3. The average molecular weight is 391 g/mol. The average Bonchev–Trinajstić information content (AvgIpc) is 3.20. The topological polar surface area (TPSA) is 103 Å². The van der Waals surface area contributed by atoms with E-state index in [1.165, 1.54) is 12.7 Å². The number of carbonyl (C=O) groups is 2. The monoisotopic (exact) mass is 391 g/mol. The first-order chi connectivity index (χ1) is 14.0. The molecule has 4 N–H and O–H groups in total. The van der Waals surface area contributed by atoms with Gasteiger partial charge in [-0.25, -0.2) is 0 Å². The predicted octanol–water partition coefficient (Wildman–Crippen LogP) is 1.80. The molecule has 1 saturated heterocycles. The van der Waals surface area contributed by atoms with Crippen LogP contribution in [0.25, 0.3) is 10.9 Å². The van der Waals surface area contributed by atoms with Gasteiger partial charge in [0.2, 0.25) is 0 Å². The molecule has 1 spiro atoms. The summed E-state index contributed by atoms with van der Waals surface area (Å²) in [7, 11) is 1.48. The van der Waals surface area contributed by atoms with Crippen LogP contribution in [0.3, 0.4) is 0 Å². The largest absolute Gasteiger partial charge is 0.504 e. The summed E-state index contributed by atoms with van der Waals surface area (Å²) in [5.41, 5.74) is 3.85. The third-order valence-corrected chi connectivity index (χ3v) is 7.00. The summed E-state index contributed by atoms with van der Waals surface area (Å²) in [4.78, 5) is 29.0. The molecule has 1 aromatic carbocycles. The molecule has 0 bridgehead atoms. The Balaban J connectivity index is 1.38. The summed E-state index contributed by atoms with van der Waals surface area (Å²) in [5, 5.41) is 17.6. The van der Waals surface area contributed by atoms with E-state index in [2.05, 4.69) is 22.5 Å². The van der Waals surface area contributed by atoms with Crippen molar-refractivity contribution in [3.8, 4) is 11.5 Å². The molecule has 0 radical (unpaired) electrons. The van der Waals surface area contributed by atoms with Gasteiger partial charge in [-0.05, 0) is 37.1 Å². The van der Waals surface area contributed by atoms with Gasteiger partial charge in [-0.15, -0.1) is 0 Å². The number of allylic oxidation sites excluding steroid dienone is 1. The molecule has 0 amide bonds. The highest BCUT2D eigenvalue weighted by Crippen LogP contribution is 2.65. The van der Waals surface area contributed by atoms with E-state index in [0.717, 1.165) is 23.1 Å². The number of fused-ring (bicyclic) bond motifs is 2. The Bertz CT molecular complexity index is 1190. The Morgan fingerprint density at radius 1 is 1.34 bits per heavy atom. The first-order valence-electron chi connectivity index (χ1n) is 9.86. The predicted molar refractivity (Wildman–Crippen MR) is 106 cm³/mol. The number of aromatic hydroxyl groups is 1. The molecule has 7 nitrogen and oxygen atoms in total. The molecule has 1 saturated carbocycles. The first-order valence-corrected chi connectivity index (χ1v) is 9.86. The van der Waals surface area contributed by atoms with Gasteiger partial charge in [0, 0.05) is 23.7 Å². The summed E-state index contributed by atoms with van der Waals surface area (Å²) in [6, 6.07) is 4.60. The molecule has 148 valence electrons. The second kappa shape index (κ2) is 5.30. The quantitative estimate of drug-likeness (QED) is 0.470. The SMILES string of the molecule is COc1c(O)ccc2cc(C(=O)C3C=C4C(CC(C)=C5NCC6C(=O)C456)N3)[nH]c12. The Morgan fingerprint density at radius 3 is 2.93 bits per heavy atom. The maximum Gasteiger partial charge on any atom is 0.199 e. The lowest BCUT2D eigenvalue weighted by Crippen LogP contribution is -2.41. The zero-order chi connectivity index (χ0) is 20.1. The molecule has 6 rings (SSSR count). The summed E-state index contributed by atoms with van der Waals surface area (Å²) in [5.74, 6) is 0.545. The van der Waals surface area contributed by atoms with Gasteiger partial charge in [0.1, 0.15) is 5.41 Å². The van der Waals surface area contributed by atoms with Crippen LogP contribution in [0.5, 0.6) is 11.5 Å². The number of methoxy groups -OCH3 is 1. The zero-order valence-corrected chi connectivity index (χ0v) is 16.1. The number of H-pyrrole nitrogens is 1. The van der Waals surface area contributed by atoms with Crippen molar-refractivity contribution in [2.75, 3.05) is 13.7 Å². The van der Waals surface area contributed by atoms with Gasteiger partial charge in [0.25, 0.3) is 0 Å². The molecule has 1 aromatic heterocycles. The fraction of sp³-hybridized carbons (Fsp3) is 0.364. The highest BCUT2D eigenvalue weighted by molar-refractivity contribution is 6.13. The Labute approximate surface area is 166 Å². The lowest BCUT2D eigenvalue weighted by molar-refractivity contribution is -0.113. The fourth-order valence-corrected chi connectivity index (χ4v) is 5.68. The number of hydrogen-bond donors (Lipinski definition) is 4. The number of hydrogen-bond acceptors (Lipinski definition) is 6. The minimum Gasteiger partial charge on any atom is -0.504 e. The van der Waals surface area contributed by atoms with Crippen LogP contribution < -0.4 is 15.4 Å². The third kappa shape index (κ3) is 1.91. The van der Waals surface area contributed by atoms with Crippen molar-refractivity contribution >= 4 is 22.5 Å². The lowest BCUT2D eigenvalue weighted by atomic mass is 9.78. The van der Waals surface area contributed by atoms with Crippen molar-refractivity contribution in [3.63, 3.8) is 0 Å². The number of ketones is 2. The lowest BCUT2D eigenvalue weighted by Gasteiger charge is -2.30. The van der Waals surface area contributed by atoms with Crippen molar-refractivity contribution in [1.82, 2.24) is 15.6 Å². The number of carbonyl (C=O) groups excluding carboxylic acids is 2. The Hall–Kier alpha value is -3.06. The minimum atomic E-state index is -0.509. The minimum absolute atomic E-state index is 0.0115. The number of nitrogens with one attached hydrogen (secondary N) is 3. The van der Waals surface area contributed by atoms with Gasteiger partial charge in [0.15, 0.2) is 23.1 Å². The van der Waals surface area contributed by atoms with Crippen LogP contribution in [-0.2, 0) is 4.79 Å². The number of aromatic nitrogens is 1. The Kier molecular flexibility index (Phi) is 3.08. The van der Waals surface area contributed by atoms with Crippen LogP contribution in [0.15, 0.2) is 41.1 Å². The second-order valence-electron chi connectivity index (χ2n) is 8.41. The van der Waals surface area contributed by atoms with Crippen molar-refractivity contribution in [2.45, 2.75) is 25.4 Å². The molecule has 3 heterocycles. The number of piperidine rings is 1. The molecule has 2 aromatic rings. The van der Waals surface area contributed by atoms with Crippen LogP contribution in [0, 0.1) is 11.3 Å². The van der Waals surface area contributed by atoms with Crippen LogP contribution in [0.2, 0.25) is 0 Å². The van der Waals surface area contributed by atoms with E-state index >= 15 is 0 Å². The second-order valence-corrected chi connectivity index (χ2v) is 8.41. The normalized spacial score (nSPS) is 31.9. The number of rotatable bonds is 3. The summed E-state index contributed by atoms with van der Waals surface area (Å²) in [6.45, 7) is 2.77. The zero-order valence-electron chi connectivity index (χ0n) is 16.1. The van der Waals surface area contributed by atoms with Gasteiger partial charge >= 0.3 is 0 Å². The van der Waals surface area contributed by atoms with E-state index < -0.39 is 11.5 Å². The molecule has 2 aliphatic carbocycles. The smallest absolute Gasteiger partial charge is 0.199 e. The van der Waals surface area contributed by atoms with Crippen LogP contribution in [0.1, 0.15) is 23.8 Å². The van der Waals surface area contributed by atoms with E-state index in [-0.39, 0.29) is 29.3 Å². The molecule has 2 aliphatic heterocycles. The molecule has 7 heteroatoms. The van der Waals surface area contributed by atoms with E-state index in [1.807, 2.05) is 6.08 Å². The summed E-state index contributed by atoms with van der Waals surface area (Å²) in [6.07, 6.45) is 2.76. The van der Waals surface area contributed by atoms with Gasteiger partial charge in [0.05, 0.1) is 30.3 Å². The number of ether oxygens (including phenoxy) is 1. The molecule has 29 heavy (non-hydrogen) atoms. The van der Waals surface area contributed by atoms with Gasteiger partial charge in [-0.3, -0.25) is 14.9 Å². The number of phenolic OH excluding ortho intramolecular Hbond substituents is 1. The summed E-state index contributed by atoms with van der Waals surface area (Å²) < 4.78 is 5.27. The first kappa shape index (κ1) is 16.9. The van der Waals surface area contributed by atoms with E-state index in [9.17, 15) is 14.7 Å². The number of benzene rings is 1. The molecular formula is C22H21N3O4. The Morgan fingerprint density at radius 2 is 2.17 bits per heavy atom. The molecule has 4 atom stereocenters. The van der Waals surface area contributed by atoms with Crippen LogP contribution >= 0.6 is 0 Å². The standard InChI is InChI=1S/C22H21N3O4/c1-9-5-13-11(22-12(21(22)28)8-23-20(9)22)7-15(24-13)18(27)14-6-10-3-4-16(26)19(29-2)17(10)25-14/h3-4,6-7,12-13,15,23-26H,5,8H2,1-2H3. The number of Topliss-reactive ketones (excluding diaryl/α,β-unsaturated/α-hetero) is 2. The van der Waals surface area contributed by atoms with Crippen molar-refractivity contribution < 1.29 is 19.4 Å². The fourth-order valence-electron chi connectivity index (χ4n) is 5.68. The molecular weight excluding hydrogens is 370 g/mol.